The minimum Gasteiger partial charge on any atom is -0.312 e. The predicted octanol–water partition coefficient (Wildman–Crippen LogP) is 2.71. The molecule has 0 atom stereocenters. The highest BCUT2D eigenvalue weighted by Gasteiger charge is 2.15. The van der Waals surface area contributed by atoms with E-state index in [1.165, 1.54) is 20.6 Å². The van der Waals surface area contributed by atoms with Gasteiger partial charge in [-0.2, -0.15) is 0 Å². The summed E-state index contributed by atoms with van der Waals surface area (Å²) < 4.78 is 15.2. The molecule has 74 valence electrons. The predicted molar refractivity (Wildman–Crippen MR) is 53.8 cm³/mol. The van der Waals surface area contributed by atoms with Gasteiger partial charge in [-0.05, 0) is 18.2 Å². The Hall–Kier alpha value is 0.530. The van der Waals surface area contributed by atoms with Crippen molar-refractivity contribution in [2.45, 2.75) is 26.2 Å². The van der Waals surface area contributed by atoms with E-state index in [1.54, 1.807) is 0 Å². The van der Waals surface area contributed by atoms with Gasteiger partial charge in [0.15, 0.2) is 0 Å². The van der Waals surface area contributed by atoms with Gasteiger partial charge in [0.05, 0.1) is 6.61 Å². The van der Waals surface area contributed by atoms with Gasteiger partial charge in [-0.15, -0.1) is 0 Å². The van der Waals surface area contributed by atoms with Crippen molar-refractivity contribution in [3.8, 4) is 0 Å². The minimum atomic E-state index is -2.39. The van der Waals surface area contributed by atoms with Crippen LogP contribution >= 0.6 is 6.72 Å². The Kier molecular flexibility index (Phi) is 7.29. The maximum Gasteiger partial charge on any atom is 0.326 e. The van der Waals surface area contributed by atoms with Crippen molar-refractivity contribution < 1.29 is 13.6 Å². The van der Waals surface area contributed by atoms with Crippen LogP contribution in [0.1, 0.15) is 26.2 Å². The lowest BCUT2D eigenvalue weighted by Gasteiger charge is -2.16. The van der Waals surface area contributed by atoms with E-state index in [9.17, 15) is 0 Å². The van der Waals surface area contributed by atoms with Crippen molar-refractivity contribution in [3.63, 3.8) is 0 Å². The van der Waals surface area contributed by atoms with Crippen LogP contribution in [0.15, 0.2) is 0 Å². The third kappa shape index (κ3) is 5.22. The average molecular weight is 212 g/mol. The molecule has 0 bridgehead atoms. The van der Waals surface area contributed by atoms with Gasteiger partial charge in [0.25, 0.3) is 0 Å². The highest BCUT2D eigenvalue weighted by atomic mass is 32.5. The summed E-state index contributed by atoms with van der Waals surface area (Å²) in [6, 6.07) is 0. The molecule has 0 rings (SSSR count). The molecule has 0 aliphatic rings. The number of unbranched alkanes of at least 4 members (excludes halogenated alkanes) is 2. The fraction of sp³-hybridized carbons (Fsp3) is 1.00. The summed E-state index contributed by atoms with van der Waals surface area (Å²) in [6.07, 6.45) is 3.34. The van der Waals surface area contributed by atoms with E-state index in [0.29, 0.717) is 6.61 Å². The van der Waals surface area contributed by atoms with Gasteiger partial charge in [-0.3, -0.25) is 0 Å². The van der Waals surface area contributed by atoms with E-state index in [2.05, 4.69) is 6.92 Å². The monoisotopic (exact) mass is 212 g/mol. The number of hydrogen-bond acceptors (Lipinski definition) is 4. The smallest absolute Gasteiger partial charge is 0.312 e. The zero-order valence-electron chi connectivity index (χ0n) is 7.91. The molecular weight excluding hydrogens is 195 g/mol. The summed E-state index contributed by atoms with van der Waals surface area (Å²) in [5, 5.41) is 0. The van der Waals surface area contributed by atoms with Crippen LogP contribution < -0.4 is 0 Å². The van der Waals surface area contributed by atoms with Gasteiger partial charge in [0.1, 0.15) is 0 Å². The van der Waals surface area contributed by atoms with Crippen LogP contribution in [-0.2, 0) is 25.4 Å². The molecule has 12 heavy (non-hydrogen) atoms. The van der Waals surface area contributed by atoms with Crippen LogP contribution in [-0.4, -0.2) is 20.8 Å². The van der Waals surface area contributed by atoms with Gasteiger partial charge in [-0.25, -0.2) is 0 Å². The van der Waals surface area contributed by atoms with E-state index >= 15 is 0 Å². The molecule has 0 aromatic rings. The van der Waals surface area contributed by atoms with E-state index < -0.39 is 6.72 Å². The van der Waals surface area contributed by atoms with Crippen LogP contribution in [0.5, 0.6) is 0 Å². The first-order valence-electron chi connectivity index (χ1n) is 4.04. The highest BCUT2D eigenvalue weighted by Crippen LogP contribution is 2.47. The molecule has 0 aromatic carbocycles. The van der Waals surface area contributed by atoms with Gasteiger partial charge >= 0.3 is 6.72 Å². The fourth-order valence-electron chi connectivity index (χ4n) is 0.708. The molecule has 0 aliphatic heterocycles. The molecule has 0 saturated carbocycles. The summed E-state index contributed by atoms with van der Waals surface area (Å²) in [4.78, 5) is 0. The number of hydrogen-bond donors (Lipinski definition) is 0. The lowest BCUT2D eigenvalue weighted by Crippen LogP contribution is -1.96. The molecule has 0 heterocycles. The van der Waals surface area contributed by atoms with Crippen molar-refractivity contribution in [1.82, 2.24) is 0 Å². The molecule has 0 fully saturated rings. The first-order chi connectivity index (χ1) is 5.68. The molecular formula is C7H17O3PS. The summed E-state index contributed by atoms with van der Waals surface area (Å²) in [5.74, 6) is 0. The second kappa shape index (κ2) is 6.98. The van der Waals surface area contributed by atoms with Crippen molar-refractivity contribution >= 4 is 18.5 Å². The molecule has 0 radical (unpaired) electrons. The third-order valence-corrected chi connectivity index (χ3v) is 4.05. The van der Waals surface area contributed by atoms with Gasteiger partial charge in [0.2, 0.25) is 0 Å². The third-order valence-electron chi connectivity index (χ3n) is 1.44. The molecule has 0 saturated heterocycles. The van der Waals surface area contributed by atoms with E-state index in [0.717, 1.165) is 12.8 Å². The minimum absolute atomic E-state index is 0.632. The van der Waals surface area contributed by atoms with Crippen LogP contribution in [0, 0.1) is 0 Å². The summed E-state index contributed by atoms with van der Waals surface area (Å²) in [6.45, 7) is 0.385. The number of rotatable bonds is 7. The molecule has 0 spiro atoms. The molecule has 0 aromatic heterocycles. The zero-order valence-corrected chi connectivity index (χ0v) is 9.62. The molecule has 3 nitrogen and oxygen atoms in total. The van der Waals surface area contributed by atoms with Gasteiger partial charge in [-0.1, -0.05) is 19.8 Å². The van der Waals surface area contributed by atoms with E-state index in [1.807, 2.05) is 0 Å². The van der Waals surface area contributed by atoms with Crippen molar-refractivity contribution in [3.05, 3.63) is 0 Å². The standard InChI is InChI=1S/C7H17O3PS/c1-4-5-6-7-10-11(12,8-2)9-3/h4-7H2,1-3H3. The molecule has 0 N–H and O–H groups in total. The highest BCUT2D eigenvalue weighted by molar-refractivity contribution is 8.07. The van der Waals surface area contributed by atoms with Crippen molar-refractivity contribution in [2.75, 3.05) is 20.8 Å². The summed E-state index contributed by atoms with van der Waals surface area (Å²) in [7, 11) is 3.04. The Morgan fingerprint density at radius 1 is 1.17 bits per heavy atom. The molecule has 0 unspecified atom stereocenters. The van der Waals surface area contributed by atoms with Gasteiger partial charge < -0.3 is 13.6 Å². The Morgan fingerprint density at radius 2 is 1.75 bits per heavy atom. The zero-order chi connectivity index (χ0) is 9.45. The van der Waals surface area contributed by atoms with Crippen molar-refractivity contribution in [2.24, 2.45) is 0 Å². The van der Waals surface area contributed by atoms with Crippen molar-refractivity contribution in [1.29, 1.82) is 0 Å². The van der Waals surface area contributed by atoms with Gasteiger partial charge in [0, 0.05) is 14.2 Å². The van der Waals surface area contributed by atoms with Crippen LogP contribution in [0.4, 0.5) is 0 Å². The quantitative estimate of drug-likeness (QED) is 0.479. The fourth-order valence-corrected chi connectivity index (χ4v) is 1.64. The summed E-state index contributed by atoms with van der Waals surface area (Å²) >= 11 is 5.00. The first-order valence-corrected chi connectivity index (χ1v) is 6.60. The van der Waals surface area contributed by atoms with Crippen LogP contribution in [0.2, 0.25) is 0 Å². The molecule has 0 amide bonds. The first kappa shape index (κ1) is 12.5. The Labute approximate surface area is 79.6 Å². The largest absolute Gasteiger partial charge is 0.326 e. The lowest BCUT2D eigenvalue weighted by atomic mass is 10.3. The topological polar surface area (TPSA) is 27.7 Å². The lowest BCUT2D eigenvalue weighted by molar-refractivity contribution is 0.199. The van der Waals surface area contributed by atoms with Crippen LogP contribution in [0.3, 0.4) is 0 Å². The molecule has 0 aliphatic carbocycles. The Balaban J connectivity index is 3.52. The molecule has 5 heteroatoms. The SMILES string of the molecule is CCCCCOP(=S)(OC)OC. The Bertz CT molecular complexity index is 144. The van der Waals surface area contributed by atoms with E-state index in [4.69, 9.17) is 25.4 Å². The normalized spacial score (nSPS) is 11.9. The van der Waals surface area contributed by atoms with E-state index in [-0.39, 0.29) is 0 Å². The second-order valence-electron chi connectivity index (χ2n) is 2.35. The second-order valence-corrected chi connectivity index (χ2v) is 5.58. The maximum atomic E-state index is 5.31. The Morgan fingerprint density at radius 3 is 2.17 bits per heavy atom. The maximum absolute atomic E-state index is 5.31. The average Bonchev–Trinajstić information content (AvgIpc) is 2.12. The summed E-state index contributed by atoms with van der Waals surface area (Å²) in [5.41, 5.74) is 0. The van der Waals surface area contributed by atoms with Crippen LogP contribution in [0.25, 0.3) is 0 Å².